The monoisotopic (exact) mass is 141 g/mol. The van der Waals surface area contributed by atoms with E-state index in [1.807, 2.05) is 6.08 Å². The minimum atomic E-state index is -0.829. The highest BCUT2D eigenvalue weighted by Gasteiger charge is 2.13. The fraction of sp³-hybridized carbons (Fsp3) is 0.571. The maximum atomic E-state index is 10.1. The van der Waals surface area contributed by atoms with Crippen molar-refractivity contribution in [1.29, 1.82) is 0 Å². The van der Waals surface area contributed by atoms with Crippen molar-refractivity contribution in [1.82, 2.24) is 0 Å². The van der Waals surface area contributed by atoms with Crippen LogP contribution < -0.4 is 5.73 Å². The lowest BCUT2D eigenvalue weighted by atomic mass is 10.2. The van der Waals surface area contributed by atoms with Crippen LogP contribution in [0.15, 0.2) is 11.6 Å². The highest BCUT2D eigenvalue weighted by molar-refractivity contribution is 5.67. The van der Waals surface area contributed by atoms with E-state index in [9.17, 15) is 4.79 Å². The van der Waals surface area contributed by atoms with Crippen LogP contribution in [-0.4, -0.2) is 17.1 Å². The molecule has 10 heavy (non-hydrogen) atoms. The van der Waals surface area contributed by atoms with Crippen LogP contribution in [0, 0.1) is 0 Å². The second kappa shape index (κ2) is 2.84. The van der Waals surface area contributed by atoms with Crippen LogP contribution in [0.5, 0.6) is 0 Å². The van der Waals surface area contributed by atoms with Crippen molar-refractivity contribution >= 4 is 5.97 Å². The quantitative estimate of drug-likeness (QED) is 0.563. The van der Waals surface area contributed by atoms with E-state index in [4.69, 9.17) is 10.8 Å². The molecule has 1 atom stereocenters. The number of rotatable bonds is 3. The summed E-state index contributed by atoms with van der Waals surface area (Å²) in [6.45, 7) is 0. The van der Waals surface area contributed by atoms with E-state index in [0.29, 0.717) is 0 Å². The van der Waals surface area contributed by atoms with Gasteiger partial charge in [0.1, 0.15) is 0 Å². The van der Waals surface area contributed by atoms with E-state index in [1.54, 1.807) is 0 Å². The summed E-state index contributed by atoms with van der Waals surface area (Å²) < 4.78 is 0. The first-order chi connectivity index (χ1) is 4.68. The summed E-state index contributed by atoms with van der Waals surface area (Å²) in [5.74, 6) is -0.829. The third-order valence-electron chi connectivity index (χ3n) is 1.40. The summed E-state index contributed by atoms with van der Waals surface area (Å²) in [7, 11) is 0. The number of hydrogen-bond donors (Lipinski definition) is 2. The molecule has 0 aromatic carbocycles. The maximum absolute atomic E-state index is 10.1. The zero-order valence-corrected chi connectivity index (χ0v) is 5.71. The van der Waals surface area contributed by atoms with E-state index in [2.05, 4.69) is 0 Å². The number of hydrogen-bond acceptors (Lipinski definition) is 2. The van der Waals surface area contributed by atoms with Gasteiger partial charge in [-0.1, -0.05) is 11.6 Å². The zero-order chi connectivity index (χ0) is 7.56. The van der Waals surface area contributed by atoms with Gasteiger partial charge >= 0.3 is 5.97 Å². The lowest BCUT2D eigenvalue weighted by Gasteiger charge is -1.99. The Morgan fingerprint density at radius 1 is 1.80 bits per heavy atom. The Labute approximate surface area is 59.5 Å². The molecular weight excluding hydrogens is 130 g/mol. The van der Waals surface area contributed by atoms with Gasteiger partial charge in [-0.2, -0.15) is 0 Å². The first kappa shape index (κ1) is 7.28. The van der Waals surface area contributed by atoms with Crippen LogP contribution >= 0.6 is 0 Å². The smallest absolute Gasteiger partial charge is 0.305 e. The van der Waals surface area contributed by atoms with Crippen molar-refractivity contribution in [3.05, 3.63) is 11.6 Å². The van der Waals surface area contributed by atoms with Gasteiger partial charge < -0.3 is 10.8 Å². The van der Waals surface area contributed by atoms with Crippen molar-refractivity contribution in [2.24, 2.45) is 5.73 Å². The molecule has 0 aliphatic heterocycles. The molecule has 3 nitrogen and oxygen atoms in total. The molecule has 1 saturated carbocycles. The molecule has 0 saturated heterocycles. The van der Waals surface area contributed by atoms with Crippen molar-refractivity contribution < 1.29 is 9.90 Å². The zero-order valence-electron chi connectivity index (χ0n) is 5.71. The van der Waals surface area contributed by atoms with Gasteiger partial charge in [0.15, 0.2) is 0 Å². The van der Waals surface area contributed by atoms with Gasteiger partial charge in [-0.05, 0) is 12.8 Å². The number of carbonyl (C=O) groups is 1. The number of allylic oxidation sites excluding steroid dienone is 1. The molecule has 0 aromatic heterocycles. The van der Waals surface area contributed by atoms with Crippen LogP contribution in [0.1, 0.15) is 19.3 Å². The van der Waals surface area contributed by atoms with Crippen molar-refractivity contribution in [3.63, 3.8) is 0 Å². The summed E-state index contributed by atoms with van der Waals surface area (Å²) in [5, 5.41) is 8.31. The lowest BCUT2D eigenvalue weighted by Crippen LogP contribution is -2.20. The van der Waals surface area contributed by atoms with E-state index in [1.165, 1.54) is 5.57 Å². The summed E-state index contributed by atoms with van der Waals surface area (Å²) in [6, 6.07) is -0.282. The highest BCUT2D eigenvalue weighted by Crippen LogP contribution is 2.27. The summed E-state index contributed by atoms with van der Waals surface area (Å²) in [6.07, 6.45) is 4.11. The number of nitrogens with two attached hydrogens (primary N) is 1. The minimum Gasteiger partial charge on any atom is -0.481 e. The summed E-state index contributed by atoms with van der Waals surface area (Å²) >= 11 is 0. The predicted octanol–water partition coefficient (Wildman–Crippen LogP) is 0.509. The van der Waals surface area contributed by atoms with Crippen molar-refractivity contribution in [2.75, 3.05) is 0 Å². The van der Waals surface area contributed by atoms with Crippen LogP contribution in [0.4, 0.5) is 0 Å². The average Bonchev–Trinajstić information content (AvgIpc) is 2.46. The first-order valence-electron chi connectivity index (χ1n) is 3.35. The molecule has 0 bridgehead atoms. The van der Waals surface area contributed by atoms with Gasteiger partial charge in [0.25, 0.3) is 0 Å². The molecule has 1 aliphatic carbocycles. The number of carboxylic acids is 1. The van der Waals surface area contributed by atoms with E-state index in [-0.39, 0.29) is 12.5 Å². The molecule has 1 rings (SSSR count). The summed E-state index contributed by atoms with van der Waals surface area (Å²) in [5.41, 5.74) is 6.76. The first-order valence-corrected chi connectivity index (χ1v) is 3.35. The molecule has 0 spiro atoms. The van der Waals surface area contributed by atoms with E-state index < -0.39 is 5.97 Å². The molecular formula is C7H11NO2. The lowest BCUT2D eigenvalue weighted by molar-refractivity contribution is -0.137. The topological polar surface area (TPSA) is 63.3 Å². The number of carboxylic acid groups (broad SMARTS) is 1. The van der Waals surface area contributed by atoms with Gasteiger partial charge in [0.2, 0.25) is 0 Å². The third kappa shape index (κ3) is 2.64. The minimum absolute atomic E-state index is 0.0451. The third-order valence-corrected chi connectivity index (χ3v) is 1.40. The fourth-order valence-corrected chi connectivity index (χ4v) is 0.802. The Balaban J connectivity index is 2.27. The van der Waals surface area contributed by atoms with Gasteiger partial charge in [0, 0.05) is 6.04 Å². The predicted molar refractivity (Wildman–Crippen MR) is 37.5 cm³/mol. The molecule has 0 amide bonds. The Kier molecular flexibility index (Phi) is 2.06. The second-order valence-electron chi connectivity index (χ2n) is 2.59. The molecule has 1 aliphatic rings. The van der Waals surface area contributed by atoms with E-state index >= 15 is 0 Å². The van der Waals surface area contributed by atoms with E-state index in [0.717, 1.165) is 12.8 Å². The maximum Gasteiger partial charge on any atom is 0.305 e. The molecule has 3 heteroatoms. The molecule has 3 N–H and O–H groups in total. The Hall–Kier alpha value is -0.830. The van der Waals surface area contributed by atoms with Crippen molar-refractivity contribution in [2.45, 2.75) is 25.3 Å². The fourth-order valence-electron chi connectivity index (χ4n) is 0.802. The molecule has 1 unspecified atom stereocenters. The molecule has 0 aromatic rings. The van der Waals surface area contributed by atoms with Crippen LogP contribution in [0.25, 0.3) is 0 Å². The van der Waals surface area contributed by atoms with Crippen LogP contribution in [0.2, 0.25) is 0 Å². The Morgan fingerprint density at radius 3 is 2.80 bits per heavy atom. The van der Waals surface area contributed by atoms with Gasteiger partial charge in [-0.25, -0.2) is 0 Å². The van der Waals surface area contributed by atoms with Gasteiger partial charge in [-0.15, -0.1) is 0 Å². The Morgan fingerprint density at radius 2 is 2.40 bits per heavy atom. The van der Waals surface area contributed by atoms with Crippen LogP contribution in [0.3, 0.4) is 0 Å². The average molecular weight is 141 g/mol. The SMILES string of the molecule is NC(C=C1CC1)CC(=O)O. The van der Waals surface area contributed by atoms with Gasteiger partial charge in [-0.3, -0.25) is 4.79 Å². The standard InChI is InChI=1S/C7H11NO2/c8-6(4-7(9)10)3-5-1-2-5/h3,6H,1-2,4,8H2,(H,9,10). The number of aliphatic carboxylic acids is 1. The Bertz CT molecular complexity index is 168. The molecule has 1 fully saturated rings. The van der Waals surface area contributed by atoms with Crippen LogP contribution in [-0.2, 0) is 4.79 Å². The normalized spacial score (nSPS) is 18.3. The molecule has 0 heterocycles. The largest absolute Gasteiger partial charge is 0.481 e. The highest BCUT2D eigenvalue weighted by atomic mass is 16.4. The van der Waals surface area contributed by atoms with Crippen molar-refractivity contribution in [3.8, 4) is 0 Å². The summed E-state index contributed by atoms with van der Waals surface area (Å²) in [4.78, 5) is 10.1. The van der Waals surface area contributed by atoms with Gasteiger partial charge in [0.05, 0.1) is 6.42 Å². The molecule has 0 radical (unpaired) electrons. The molecule has 56 valence electrons. The second-order valence-corrected chi connectivity index (χ2v) is 2.59.